The number of hydrogen-bond donors (Lipinski definition) is 3. The molecule has 6 rings (SSSR count). The maximum atomic E-state index is 14.7. The highest BCUT2D eigenvalue weighted by molar-refractivity contribution is 5.93. The number of aromatic nitrogens is 2. The van der Waals surface area contributed by atoms with Gasteiger partial charge in [0.1, 0.15) is 5.82 Å². The zero-order valence-electron chi connectivity index (χ0n) is 17.9. The number of nitrogens with one attached hydrogen (secondary N) is 1. The zero-order valence-corrected chi connectivity index (χ0v) is 17.9. The predicted molar refractivity (Wildman–Crippen MR) is 117 cm³/mol. The lowest BCUT2D eigenvalue weighted by molar-refractivity contribution is -0.142. The van der Waals surface area contributed by atoms with E-state index in [0.717, 1.165) is 22.1 Å². The Kier molecular flexibility index (Phi) is 3.81. The minimum Gasteiger partial charge on any atom is -0.375 e. The molecule has 0 saturated carbocycles. The van der Waals surface area contributed by atoms with Crippen LogP contribution in [0.4, 0.5) is 4.39 Å². The molecule has 0 radical (unpaired) electrons. The van der Waals surface area contributed by atoms with Crippen molar-refractivity contribution in [2.45, 2.75) is 57.8 Å². The molecule has 7 nitrogen and oxygen atoms in total. The summed E-state index contributed by atoms with van der Waals surface area (Å²) in [4.78, 5) is 30.7. The van der Waals surface area contributed by atoms with Crippen LogP contribution in [-0.4, -0.2) is 20.6 Å². The van der Waals surface area contributed by atoms with Crippen LogP contribution in [-0.2, 0) is 29.9 Å². The molecule has 0 bridgehead atoms. The van der Waals surface area contributed by atoms with Gasteiger partial charge in [0.25, 0.3) is 11.5 Å². The van der Waals surface area contributed by atoms with Crippen molar-refractivity contribution in [3.8, 4) is 11.4 Å². The number of hydrogen-bond acceptors (Lipinski definition) is 5. The van der Waals surface area contributed by atoms with Gasteiger partial charge in [-0.3, -0.25) is 9.59 Å². The molecule has 4 N–H and O–H groups in total. The van der Waals surface area contributed by atoms with Crippen molar-refractivity contribution < 1.29 is 14.3 Å². The normalized spacial score (nSPS) is 23.0. The summed E-state index contributed by atoms with van der Waals surface area (Å²) in [7, 11) is 0. The summed E-state index contributed by atoms with van der Waals surface area (Å²) in [5, 5.41) is 14.6. The van der Waals surface area contributed by atoms with E-state index < -0.39 is 11.5 Å². The molecule has 2 aromatic heterocycles. The van der Waals surface area contributed by atoms with Crippen LogP contribution < -0.4 is 16.6 Å². The molecule has 8 heteroatoms. The Balaban J connectivity index is 1.70. The van der Waals surface area contributed by atoms with Gasteiger partial charge in [-0.25, -0.2) is 9.37 Å². The fraction of sp³-hybridized carbons (Fsp3) is 0.375. The molecule has 4 heterocycles. The third-order valence-electron chi connectivity index (χ3n) is 7.54. The second-order valence-electron chi connectivity index (χ2n) is 9.06. The molecule has 0 saturated heterocycles. The summed E-state index contributed by atoms with van der Waals surface area (Å²) in [6, 6.07) is 2.91. The Hall–Kier alpha value is -3.10. The molecule has 0 spiro atoms. The summed E-state index contributed by atoms with van der Waals surface area (Å²) < 4.78 is 16.3. The second kappa shape index (κ2) is 6.24. The van der Waals surface area contributed by atoms with Gasteiger partial charge in [0.05, 0.1) is 23.4 Å². The molecule has 1 aromatic carbocycles. The average molecular weight is 434 g/mol. The molecule has 1 amide bonds. The van der Waals surface area contributed by atoms with E-state index in [2.05, 4.69) is 5.32 Å². The van der Waals surface area contributed by atoms with Crippen molar-refractivity contribution in [3.05, 3.63) is 61.7 Å². The van der Waals surface area contributed by atoms with Crippen LogP contribution in [0.1, 0.15) is 59.2 Å². The molecule has 0 unspecified atom stereocenters. The molecule has 0 fully saturated rings. The SMILES string of the molecule is CC[C@@]1(O)C(=O)NCc2c1cc1n(c2=O)Cc2c-1nc1cc(F)c(C)c3c1c2[C@H](N)CC3. The highest BCUT2D eigenvalue weighted by Gasteiger charge is 2.44. The first-order valence-corrected chi connectivity index (χ1v) is 10.9. The highest BCUT2D eigenvalue weighted by atomic mass is 19.1. The lowest BCUT2D eigenvalue weighted by Crippen LogP contribution is -2.50. The van der Waals surface area contributed by atoms with Gasteiger partial charge in [-0.05, 0) is 48.9 Å². The number of pyridine rings is 2. The fourth-order valence-electron chi connectivity index (χ4n) is 5.71. The minimum atomic E-state index is -1.77. The minimum absolute atomic E-state index is 0.0717. The van der Waals surface area contributed by atoms with Crippen LogP contribution in [0.15, 0.2) is 16.9 Å². The lowest BCUT2D eigenvalue weighted by Gasteiger charge is -2.32. The Morgan fingerprint density at radius 3 is 2.84 bits per heavy atom. The largest absolute Gasteiger partial charge is 0.375 e. The van der Waals surface area contributed by atoms with Gasteiger partial charge < -0.3 is 20.7 Å². The van der Waals surface area contributed by atoms with E-state index in [1.807, 2.05) is 0 Å². The quantitative estimate of drug-likeness (QED) is 0.425. The number of nitrogens with zero attached hydrogens (tertiary/aromatic N) is 2. The van der Waals surface area contributed by atoms with Crippen LogP contribution >= 0.6 is 0 Å². The Morgan fingerprint density at radius 1 is 1.31 bits per heavy atom. The zero-order chi connectivity index (χ0) is 22.5. The van der Waals surface area contributed by atoms with Gasteiger partial charge in [0.15, 0.2) is 5.60 Å². The number of amides is 1. The average Bonchev–Trinajstić information content (AvgIpc) is 3.14. The fourth-order valence-corrected chi connectivity index (χ4v) is 5.71. The molecule has 1 aliphatic carbocycles. The van der Waals surface area contributed by atoms with Gasteiger partial charge in [0.2, 0.25) is 0 Å². The summed E-state index contributed by atoms with van der Waals surface area (Å²) in [5.41, 5.74) is 10.2. The van der Waals surface area contributed by atoms with Crippen LogP contribution in [0.5, 0.6) is 0 Å². The first-order chi connectivity index (χ1) is 15.3. The van der Waals surface area contributed by atoms with Crippen molar-refractivity contribution in [2.75, 3.05) is 0 Å². The van der Waals surface area contributed by atoms with Crippen LogP contribution in [0, 0.1) is 12.7 Å². The third-order valence-corrected chi connectivity index (χ3v) is 7.54. The molecule has 3 aromatic rings. The molecule has 32 heavy (non-hydrogen) atoms. The molecule has 164 valence electrons. The van der Waals surface area contributed by atoms with Gasteiger partial charge in [0, 0.05) is 40.7 Å². The topological polar surface area (TPSA) is 110 Å². The second-order valence-corrected chi connectivity index (χ2v) is 9.06. The summed E-state index contributed by atoms with van der Waals surface area (Å²) >= 11 is 0. The standard InChI is InChI=1S/C24H23FN4O3/c1-3-24(32)14-6-18-21-13(9-29(18)22(30)12(14)8-27-23(24)31)19-16(26)5-4-11-10(2)15(25)7-17(28-21)20(11)19/h6-7,16,32H,3-5,8-9,26H2,1-2H3,(H,27,31)/t16-,24+/m1/s1. The molecule has 2 atom stereocenters. The van der Waals surface area contributed by atoms with E-state index in [-0.39, 0.29) is 30.4 Å². The molecular weight excluding hydrogens is 411 g/mol. The third kappa shape index (κ3) is 2.23. The first-order valence-electron chi connectivity index (χ1n) is 10.9. The summed E-state index contributed by atoms with van der Waals surface area (Å²) in [6.45, 7) is 3.87. The number of fused-ring (bicyclic) bond motifs is 5. The number of aryl methyl sites for hydroxylation is 1. The van der Waals surface area contributed by atoms with Gasteiger partial charge in [-0.1, -0.05) is 6.92 Å². The van der Waals surface area contributed by atoms with E-state index in [0.29, 0.717) is 53.0 Å². The van der Waals surface area contributed by atoms with Crippen LogP contribution in [0.2, 0.25) is 0 Å². The molecule has 2 aliphatic heterocycles. The maximum absolute atomic E-state index is 14.7. The van der Waals surface area contributed by atoms with Crippen LogP contribution in [0.25, 0.3) is 22.3 Å². The number of benzene rings is 1. The molecule has 3 aliphatic rings. The van der Waals surface area contributed by atoms with Crippen molar-refractivity contribution in [1.29, 1.82) is 0 Å². The Morgan fingerprint density at radius 2 is 2.09 bits per heavy atom. The summed E-state index contributed by atoms with van der Waals surface area (Å²) in [6.07, 6.45) is 1.52. The van der Waals surface area contributed by atoms with Crippen molar-refractivity contribution in [2.24, 2.45) is 5.73 Å². The van der Waals surface area contributed by atoms with Crippen molar-refractivity contribution >= 4 is 16.8 Å². The number of carbonyl (C=O) groups is 1. The number of aliphatic hydroxyl groups is 1. The Bertz CT molecular complexity index is 1440. The maximum Gasteiger partial charge on any atom is 0.256 e. The summed E-state index contributed by atoms with van der Waals surface area (Å²) in [5.74, 6) is -0.819. The van der Waals surface area contributed by atoms with E-state index in [1.54, 1.807) is 24.5 Å². The van der Waals surface area contributed by atoms with E-state index >= 15 is 0 Å². The first kappa shape index (κ1) is 19.6. The number of rotatable bonds is 1. The smallest absolute Gasteiger partial charge is 0.256 e. The van der Waals surface area contributed by atoms with Gasteiger partial charge in [-0.15, -0.1) is 0 Å². The lowest BCUT2D eigenvalue weighted by atomic mass is 9.82. The van der Waals surface area contributed by atoms with Crippen LogP contribution in [0.3, 0.4) is 0 Å². The van der Waals surface area contributed by atoms with Crippen molar-refractivity contribution in [1.82, 2.24) is 14.9 Å². The number of halogens is 1. The van der Waals surface area contributed by atoms with E-state index in [4.69, 9.17) is 10.7 Å². The predicted octanol–water partition coefficient (Wildman–Crippen LogP) is 2.05. The molecular formula is C24H23FN4O3. The van der Waals surface area contributed by atoms with E-state index in [9.17, 15) is 19.1 Å². The van der Waals surface area contributed by atoms with Gasteiger partial charge >= 0.3 is 0 Å². The Labute approximate surface area is 183 Å². The number of nitrogens with two attached hydrogens (primary N) is 1. The van der Waals surface area contributed by atoms with Gasteiger partial charge in [-0.2, -0.15) is 0 Å². The highest BCUT2D eigenvalue weighted by Crippen LogP contribution is 2.44. The number of carbonyl (C=O) groups excluding carboxylic acids is 1. The monoisotopic (exact) mass is 434 g/mol. The van der Waals surface area contributed by atoms with E-state index in [1.165, 1.54) is 6.07 Å². The van der Waals surface area contributed by atoms with Crippen molar-refractivity contribution in [3.63, 3.8) is 0 Å².